The Balaban J connectivity index is 1.77. The lowest BCUT2D eigenvalue weighted by molar-refractivity contribution is -0.0801. The van der Waals surface area contributed by atoms with Gasteiger partial charge in [-0.05, 0) is 49.6 Å². The average Bonchev–Trinajstić information content (AvgIpc) is 2.68. The Morgan fingerprint density at radius 2 is 1.81 bits per heavy atom. The number of rotatable bonds is 7. The second kappa shape index (κ2) is 8.88. The van der Waals surface area contributed by atoms with E-state index in [1.165, 1.54) is 17.0 Å². The summed E-state index contributed by atoms with van der Waals surface area (Å²) in [6, 6.07) is 6.47. The third-order valence-electron chi connectivity index (χ3n) is 5.72. The molecule has 0 saturated carbocycles. The number of aliphatic hydroxyl groups is 1. The molecule has 5 nitrogen and oxygen atoms in total. The quantitative estimate of drug-likeness (QED) is 0.616. The number of hydrogen-bond acceptors (Lipinski definition) is 4. The molecule has 1 amide bonds. The van der Waals surface area contributed by atoms with Gasteiger partial charge in [0.1, 0.15) is 11.4 Å². The van der Waals surface area contributed by atoms with Crippen LogP contribution in [-0.2, 0) is 0 Å². The summed E-state index contributed by atoms with van der Waals surface area (Å²) in [7, 11) is 0. The summed E-state index contributed by atoms with van der Waals surface area (Å²) < 4.78 is 42.7. The Kier molecular flexibility index (Phi) is 6.62. The molecule has 3 rings (SSSR count). The molecule has 0 spiro atoms. The lowest BCUT2D eigenvalue weighted by Crippen LogP contribution is -2.67. The first-order chi connectivity index (χ1) is 14.5. The first-order valence-corrected chi connectivity index (χ1v) is 10.3. The van der Waals surface area contributed by atoms with Crippen molar-refractivity contribution in [1.29, 1.82) is 0 Å². The Bertz CT molecular complexity index is 975. The predicted molar refractivity (Wildman–Crippen MR) is 114 cm³/mol. The molecule has 2 aromatic carbocycles. The van der Waals surface area contributed by atoms with E-state index in [-0.39, 0.29) is 30.4 Å². The molecule has 2 aromatic rings. The monoisotopic (exact) mass is 435 g/mol. The first-order valence-electron chi connectivity index (χ1n) is 10.3. The van der Waals surface area contributed by atoms with E-state index in [0.717, 1.165) is 12.1 Å². The van der Waals surface area contributed by atoms with Gasteiger partial charge >= 0.3 is 0 Å². The summed E-state index contributed by atoms with van der Waals surface area (Å²) in [6.45, 7) is 8.26. The zero-order valence-electron chi connectivity index (χ0n) is 18.1. The fraction of sp³-hybridized carbons (Fsp3) is 0.435. The van der Waals surface area contributed by atoms with Crippen molar-refractivity contribution in [2.75, 3.05) is 25.0 Å². The predicted octanol–water partition coefficient (Wildman–Crippen LogP) is 3.98. The van der Waals surface area contributed by atoms with Crippen molar-refractivity contribution < 1.29 is 23.1 Å². The van der Waals surface area contributed by atoms with Gasteiger partial charge in [0, 0.05) is 12.6 Å². The maximum Gasteiger partial charge on any atom is 0.256 e. The van der Waals surface area contributed by atoms with Crippen LogP contribution < -0.4 is 10.6 Å². The second-order valence-electron chi connectivity index (χ2n) is 8.69. The molecule has 0 aliphatic carbocycles. The highest BCUT2D eigenvalue weighted by molar-refractivity contribution is 6.01. The number of nitrogens with zero attached hydrogens (tertiary/aromatic N) is 1. The lowest BCUT2D eigenvalue weighted by Gasteiger charge is -2.47. The van der Waals surface area contributed by atoms with Gasteiger partial charge < -0.3 is 20.6 Å². The average molecular weight is 435 g/mol. The summed E-state index contributed by atoms with van der Waals surface area (Å²) in [5.41, 5.74) is -1.07. The van der Waals surface area contributed by atoms with Crippen molar-refractivity contribution >= 4 is 17.3 Å². The third kappa shape index (κ3) is 5.02. The van der Waals surface area contributed by atoms with E-state index < -0.39 is 34.6 Å². The topological polar surface area (TPSA) is 64.6 Å². The van der Waals surface area contributed by atoms with Crippen LogP contribution in [-0.4, -0.2) is 47.2 Å². The summed E-state index contributed by atoms with van der Waals surface area (Å²) >= 11 is 0. The summed E-state index contributed by atoms with van der Waals surface area (Å²) in [4.78, 5) is 14.3. The number of amides is 1. The van der Waals surface area contributed by atoms with E-state index in [9.17, 15) is 23.1 Å². The highest BCUT2D eigenvalue weighted by Gasteiger charge is 2.44. The highest BCUT2D eigenvalue weighted by Crippen LogP contribution is 2.31. The second-order valence-corrected chi connectivity index (χ2v) is 8.69. The maximum absolute atomic E-state index is 14.6. The molecular weight excluding hydrogens is 407 g/mol. The number of carbonyl (C=O) groups excluding carboxylic acids is 1. The molecule has 1 heterocycles. The first kappa shape index (κ1) is 23.1. The summed E-state index contributed by atoms with van der Waals surface area (Å²) in [5.74, 6) is -3.26. The Hall–Kier alpha value is -2.58. The van der Waals surface area contributed by atoms with Crippen LogP contribution in [0.5, 0.6) is 0 Å². The molecule has 1 unspecified atom stereocenters. The normalized spacial score (nSPS) is 16.2. The molecule has 0 radical (unpaired) electrons. The molecule has 1 aliphatic heterocycles. The zero-order valence-corrected chi connectivity index (χ0v) is 18.1. The van der Waals surface area contributed by atoms with E-state index >= 15 is 0 Å². The molecule has 1 fully saturated rings. The van der Waals surface area contributed by atoms with Gasteiger partial charge in [0.2, 0.25) is 0 Å². The Morgan fingerprint density at radius 1 is 1.13 bits per heavy atom. The Morgan fingerprint density at radius 3 is 2.42 bits per heavy atom. The van der Waals surface area contributed by atoms with Crippen molar-refractivity contribution in [1.82, 2.24) is 10.2 Å². The minimum atomic E-state index is -1.27. The minimum absolute atomic E-state index is 0.0565. The molecular formula is C23H28F3N3O2. The standard InChI is InChI=1S/C23H28F3N3O2/c1-13(2)15(4)27-10-23(31)11-29(12-23)22(30)16-6-7-17(24)20(26)21(16)28-19-8-5-14(3)9-18(19)25/h5-9,13,15,27-28,31H,10-12H2,1-4H3. The van der Waals surface area contributed by atoms with E-state index in [4.69, 9.17) is 0 Å². The van der Waals surface area contributed by atoms with E-state index in [1.807, 2.05) is 6.92 Å². The van der Waals surface area contributed by atoms with Crippen LogP contribution in [0.3, 0.4) is 0 Å². The molecule has 168 valence electrons. The van der Waals surface area contributed by atoms with Crippen LogP contribution in [0.15, 0.2) is 30.3 Å². The lowest BCUT2D eigenvalue weighted by atomic mass is 9.92. The van der Waals surface area contributed by atoms with Gasteiger partial charge in [0.05, 0.1) is 30.0 Å². The number of aryl methyl sites for hydroxylation is 1. The van der Waals surface area contributed by atoms with Crippen LogP contribution in [0.2, 0.25) is 0 Å². The minimum Gasteiger partial charge on any atom is -0.385 e. The highest BCUT2D eigenvalue weighted by atomic mass is 19.2. The fourth-order valence-corrected chi connectivity index (χ4v) is 3.38. The van der Waals surface area contributed by atoms with Crippen LogP contribution in [0, 0.1) is 30.3 Å². The summed E-state index contributed by atoms with van der Waals surface area (Å²) in [6.07, 6.45) is 0. The molecule has 0 bridgehead atoms. The largest absolute Gasteiger partial charge is 0.385 e. The molecule has 0 aromatic heterocycles. The van der Waals surface area contributed by atoms with Gasteiger partial charge in [-0.1, -0.05) is 19.9 Å². The molecule has 31 heavy (non-hydrogen) atoms. The van der Waals surface area contributed by atoms with Crippen molar-refractivity contribution in [3.63, 3.8) is 0 Å². The number of β-amino-alcohol motifs (C(OH)–C–C–N with tert-alkyl or cyclic N) is 1. The fourth-order valence-electron chi connectivity index (χ4n) is 3.38. The number of halogens is 3. The molecule has 1 saturated heterocycles. The number of anilines is 2. The van der Waals surface area contributed by atoms with Gasteiger partial charge in [0.15, 0.2) is 11.6 Å². The van der Waals surface area contributed by atoms with Crippen molar-refractivity contribution in [3.8, 4) is 0 Å². The maximum atomic E-state index is 14.6. The zero-order chi connectivity index (χ0) is 22.9. The number of nitrogens with one attached hydrogen (secondary N) is 2. The van der Waals surface area contributed by atoms with Gasteiger partial charge in [-0.25, -0.2) is 13.2 Å². The van der Waals surface area contributed by atoms with Gasteiger partial charge in [-0.3, -0.25) is 4.79 Å². The van der Waals surface area contributed by atoms with Gasteiger partial charge in [-0.15, -0.1) is 0 Å². The van der Waals surface area contributed by atoms with Gasteiger partial charge in [-0.2, -0.15) is 0 Å². The van der Waals surface area contributed by atoms with E-state index in [0.29, 0.717) is 18.0 Å². The number of benzene rings is 2. The molecule has 1 atom stereocenters. The molecule has 8 heteroatoms. The van der Waals surface area contributed by atoms with Crippen molar-refractivity contribution in [3.05, 3.63) is 58.9 Å². The van der Waals surface area contributed by atoms with Crippen molar-refractivity contribution in [2.24, 2.45) is 5.92 Å². The molecule has 3 N–H and O–H groups in total. The van der Waals surface area contributed by atoms with Crippen LogP contribution in [0.4, 0.5) is 24.5 Å². The number of likely N-dealkylation sites (tertiary alicyclic amines) is 1. The van der Waals surface area contributed by atoms with E-state index in [1.54, 1.807) is 13.0 Å². The smallest absolute Gasteiger partial charge is 0.256 e. The van der Waals surface area contributed by atoms with Crippen LogP contribution in [0.25, 0.3) is 0 Å². The van der Waals surface area contributed by atoms with Crippen LogP contribution >= 0.6 is 0 Å². The molecule has 1 aliphatic rings. The number of carbonyl (C=O) groups is 1. The van der Waals surface area contributed by atoms with E-state index in [2.05, 4.69) is 24.5 Å². The number of hydrogen-bond donors (Lipinski definition) is 3. The summed E-state index contributed by atoms with van der Waals surface area (Å²) in [5, 5.41) is 16.4. The van der Waals surface area contributed by atoms with Crippen LogP contribution in [0.1, 0.15) is 36.7 Å². The third-order valence-corrected chi connectivity index (χ3v) is 5.72. The Labute approximate surface area is 180 Å². The van der Waals surface area contributed by atoms with Gasteiger partial charge in [0.25, 0.3) is 5.91 Å². The van der Waals surface area contributed by atoms with Crippen molar-refractivity contribution in [2.45, 2.75) is 39.3 Å². The SMILES string of the molecule is Cc1ccc(Nc2c(C(=O)N3CC(O)(CNC(C)C(C)C)C3)ccc(F)c2F)c(F)c1.